The fraction of sp³-hybridized carbons (Fsp3) is 0.682. The second kappa shape index (κ2) is 6.67. The zero-order valence-corrected chi connectivity index (χ0v) is 17.7. The van der Waals surface area contributed by atoms with Crippen molar-refractivity contribution in [2.24, 2.45) is 17.3 Å². The van der Waals surface area contributed by atoms with Gasteiger partial charge in [-0.2, -0.15) is 0 Å². The van der Waals surface area contributed by atoms with Gasteiger partial charge in [0, 0.05) is 42.8 Å². The molecule has 2 atom stereocenters. The Hall–Kier alpha value is -1.66. The third kappa shape index (κ3) is 3.25. The second-order valence-corrected chi connectivity index (χ2v) is 10.6. The highest BCUT2D eigenvalue weighted by atomic mass is 35.5. The topological polar surface area (TPSA) is 66.7 Å². The molecule has 156 valence electrons. The predicted octanol–water partition coefficient (Wildman–Crippen LogP) is 4.36. The predicted molar refractivity (Wildman–Crippen MR) is 111 cm³/mol. The summed E-state index contributed by atoms with van der Waals surface area (Å²) in [6.45, 7) is 5.47. The van der Waals surface area contributed by atoms with Crippen molar-refractivity contribution >= 4 is 23.2 Å². The number of nitro groups is 1. The van der Waals surface area contributed by atoms with E-state index in [4.69, 9.17) is 11.6 Å². The van der Waals surface area contributed by atoms with Crippen LogP contribution in [0.25, 0.3) is 0 Å². The summed E-state index contributed by atoms with van der Waals surface area (Å²) in [6.07, 6.45) is 8.12. The summed E-state index contributed by atoms with van der Waals surface area (Å²) in [5, 5.41) is 11.6. The first kappa shape index (κ1) is 19.3. The van der Waals surface area contributed by atoms with Crippen molar-refractivity contribution in [2.45, 2.75) is 51.0 Å². The van der Waals surface area contributed by atoms with Crippen molar-refractivity contribution in [3.05, 3.63) is 38.9 Å². The lowest BCUT2D eigenvalue weighted by Crippen LogP contribution is -2.66. The van der Waals surface area contributed by atoms with Crippen molar-refractivity contribution in [2.75, 3.05) is 26.2 Å². The van der Waals surface area contributed by atoms with Crippen LogP contribution < -0.4 is 0 Å². The van der Waals surface area contributed by atoms with Crippen LogP contribution in [0.4, 0.5) is 5.69 Å². The Labute approximate surface area is 176 Å². The highest BCUT2D eigenvalue weighted by Gasteiger charge is 2.58. The molecule has 0 spiro atoms. The van der Waals surface area contributed by atoms with E-state index in [2.05, 4.69) is 11.8 Å². The van der Waals surface area contributed by atoms with E-state index in [0.717, 1.165) is 24.9 Å². The molecular weight excluding hydrogens is 390 g/mol. The van der Waals surface area contributed by atoms with Gasteiger partial charge in [0.05, 0.1) is 4.92 Å². The van der Waals surface area contributed by atoms with Crippen molar-refractivity contribution in [1.29, 1.82) is 0 Å². The first-order chi connectivity index (χ1) is 13.8. The molecule has 29 heavy (non-hydrogen) atoms. The number of nitrogens with zero attached hydrogens (tertiary/aromatic N) is 3. The van der Waals surface area contributed by atoms with Crippen LogP contribution in [0.15, 0.2) is 18.2 Å². The van der Waals surface area contributed by atoms with E-state index in [-0.39, 0.29) is 22.2 Å². The molecule has 1 aliphatic heterocycles. The highest BCUT2D eigenvalue weighted by molar-refractivity contribution is 6.31. The molecule has 4 bridgehead atoms. The molecular formula is C22H28ClN3O3. The van der Waals surface area contributed by atoms with E-state index in [1.807, 2.05) is 0 Å². The van der Waals surface area contributed by atoms with Gasteiger partial charge in [-0.15, -0.1) is 0 Å². The number of carbonyl (C=O) groups is 1. The van der Waals surface area contributed by atoms with Gasteiger partial charge in [0.15, 0.2) is 0 Å². The van der Waals surface area contributed by atoms with Crippen LogP contribution in [0.2, 0.25) is 5.02 Å². The summed E-state index contributed by atoms with van der Waals surface area (Å²) >= 11 is 5.90. The summed E-state index contributed by atoms with van der Waals surface area (Å²) in [7, 11) is 0. The minimum atomic E-state index is -0.522. The fourth-order valence-electron chi connectivity index (χ4n) is 7.43. The molecule has 5 aliphatic rings. The molecule has 1 amide bonds. The Balaban J connectivity index is 1.30. The van der Waals surface area contributed by atoms with Crippen LogP contribution in [0.5, 0.6) is 0 Å². The summed E-state index contributed by atoms with van der Waals surface area (Å²) in [5.41, 5.74) is 0.746. The number of halogens is 1. The lowest BCUT2D eigenvalue weighted by atomic mass is 9.47. The largest absolute Gasteiger partial charge is 0.336 e. The summed E-state index contributed by atoms with van der Waals surface area (Å²) < 4.78 is 0. The van der Waals surface area contributed by atoms with Crippen molar-refractivity contribution in [1.82, 2.24) is 9.80 Å². The molecule has 2 unspecified atom stereocenters. The zero-order chi connectivity index (χ0) is 20.4. The molecule has 4 aliphatic carbocycles. The summed E-state index contributed by atoms with van der Waals surface area (Å²) in [5.74, 6) is 1.49. The van der Waals surface area contributed by atoms with E-state index in [9.17, 15) is 14.9 Å². The van der Waals surface area contributed by atoms with E-state index in [0.29, 0.717) is 24.0 Å². The average Bonchev–Trinajstić information content (AvgIpc) is 2.65. The molecule has 1 saturated heterocycles. The van der Waals surface area contributed by atoms with E-state index >= 15 is 0 Å². The lowest BCUT2D eigenvalue weighted by Gasteiger charge is -2.65. The Bertz CT molecular complexity index is 851. The second-order valence-electron chi connectivity index (χ2n) is 10.2. The normalized spacial score (nSPS) is 36.4. The quantitative estimate of drug-likeness (QED) is 0.541. The number of carbonyl (C=O) groups excluding carboxylic acids is 1. The van der Waals surface area contributed by atoms with Crippen LogP contribution in [0, 0.1) is 27.4 Å². The number of nitro benzene ring substituents is 1. The van der Waals surface area contributed by atoms with Crippen LogP contribution in [0.3, 0.4) is 0 Å². The Morgan fingerprint density at radius 1 is 1.14 bits per heavy atom. The maximum Gasteiger partial charge on any atom is 0.283 e. The Kier molecular flexibility index (Phi) is 4.44. The van der Waals surface area contributed by atoms with E-state index < -0.39 is 4.92 Å². The standard InChI is InChI=1S/C22H28ClN3O3/c1-21-10-15-8-16(11-21)13-22(12-15,14-21)25-6-4-24(5-7-25)20(27)18-3-2-17(23)9-19(18)26(28)29/h2-3,9,15-16H,4-8,10-14H2,1H3. The molecule has 0 radical (unpaired) electrons. The Morgan fingerprint density at radius 2 is 1.79 bits per heavy atom. The molecule has 0 aromatic heterocycles. The molecule has 1 heterocycles. The van der Waals surface area contributed by atoms with E-state index in [1.165, 1.54) is 50.7 Å². The summed E-state index contributed by atoms with van der Waals surface area (Å²) in [4.78, 5) is 28.3. The molecule has 1 aromatic rings. The van der Waals surface area contributed by atoms with Gasteiger partial charge >= 0.3 is 0 Å². The third-order valence-corrected chi connectivity index (χ3v) is 8.18. The van der Waals surface area contributed by atoms with Crippen LogP contribution in [0.1, 0.15) is 55.8 Å². The van der Waals surface area contributed by atoms with E-state index in [1.54, 1.807) is 11.0 Å². The molecule has 5 fully saturated rings. The number of rotatable bonds is 3. The third-order valence-electron chi connectivity index (χ3n) is 7.95. The van der Waals surface area contributed by atoms with Gasteiger partial charge in [0.1, 0.15) is 5.56 Å². The Morgan fingerprint density at radius 3 is 2.38 bits per heavy atom. The van der Waals surface area contributed by atoms with Gasteiger partial charge in [-0.05, 0) is 67.9 Å². The van der Waals surface area contributed by atoms with Gasteiger partial charge in [-0.3, -0.25) is 19.8 Å². The highest BCUT2D eigenvalue weighted by Crippen LogP contribution is 2.63. The summed E-state index contributed by atoms with van der Waals surface area (Å²) in [6, 6.07) is 4.30. The minimum Gasteiger partial charge on any atom is -0.336 e. The molecule has 6 rings (SSSR count). The van der Waals surface area contributed by atoms with Crippen molar-refractivity contribution in [3.63, 3.8) is 0 Å². The smallest absolute Gasteiger partial charge is 0.283 e. The minimum absolute atomic E-state index is 0.134. The van der Waals surface area contributed by atoms with Crippen molar-refractivity contribution < 1.29 is 9.72 Å². The average molecular weight is 418 g/mol. The first-order valence-electron chi connectivity index (χ1n) is 10.8. The van der Waals surface area contributed by atoms with Crippen LogP contribution in [-0.2, 0) is 0 Å². The first-order valence-corrected chi connectivity index (χ1v) is 11.1. The van der Waals surface area contributed by atoms with Gasteiger partial charge in [0.2, 0.25) is 0 Å². The number of benzene rings is 1. The molecule has 4 saturated carbocycles. The maximum atomic E-state index is 13.0. The van der Waals surface area contributed by atoms with Crippen LogP contribution >= 0.6 is 11.6 Å². The van der Waals surface area contributed by atoms with Crippen molar-refractivity contribution in [3.8, 4) is 0 Å². The van der Waals surface area contributed by atoms with Gasteiger partial charge in [-0.25, -0.2) is 0 Å². The number of hydrogen-bond donors (Lipinski definition) is 0. The fourth-order valence-corrected chi connectivity index (χ4v) is 7.59. The molecule has 6 nitrogen and oxygen atoms in total. The molecule has 0 N–H and O–H groups in total. The SMILES string of the molecule is CC12CC3CC(C1)CC(N1CCN(C(=O)c4ccc(Cl)cc4[N+](=O)[O-])CC1)(C3)C2. The maximum absolute atomic E-state index is 13.0. The monoisotopic (exact) mass is 417 g/mol. The van der Waals surface area contributed by atoms with Gasteiger partial charge in [0.25, 0.3) is 11.6 Å². The lowest BCUT2D eigenvalue weighted by molar-refractivity contribution is -0.385. The zero-order valence-electron chi connectivity index (χ0n) is 16.9. The number of hydrogen-bond acceptors (Lipinski definition) is 4. The van der Waals surface area contributed by atoms with Gasteiger partial charge < -0.3 is 4.90 Å². The van der Waals surface area contributed by atoms with Gasteiger partial charge in [-0.1, -0.05) is 18.5 Å². The number of piperazine rings is 1. The number of amides is 1. The van der Waals surface area contributed by atoms with Crippen LogP contribution in [-0.4, -0.2) is 52.3 Å². The molecule has 1 aromatic carbocycles. The molecule has 7 heteroatoms.